The first-order valence-electron chi connectivity index (χ1n) is 5.25. The summed E-state index contributed by atoms with van der Waals surface area (Å²) in [6.07, 6.45) is 0. The van der Waals surface area contributed by atoms with E-state index >= 15 is 0 Å². The highest BCUT2D eigenvalue weighted by atomic mass is 16.3. The first-order chi connectivity index (χ1) is 8.15. The van der Waals surface area contributed by atoms with Crippen LogP contribution in [-0.4, -0.2) is 10.2 Å². The van der Waals surface area contributed by atoms with E-state index in [4.69, 9.17) is 5.73 Å². The van der Waals surface area contributed by atoms with Crippen molar-refractivity contribution in [3.05, 3.63) is 48.0 Å². The summed E-state index contributed by atoms with van der Waals surface area (Å²) >= 11 is 0. The van der Waals surface area contributed by atoms with Crippen LogP contribution in [0.1, 0.15) is 5.56 Å². The lowest BCUT2D eigenvalue weighted by molar-refractivity contribution is 0.475. The van der Waals surface area contributed by atoms with Gasteiger partial charge in [0.1, 0.15) is 11.5 Å². The molecule has 88 valence electrons. The fourth-order valence-corrected chi connectivity index (χ4v) is 1.53. The van der Waals surface area contributed by atoms with Crippen molar-refractivity contribution < 1.29 is 10.2 Å². The maximum atomic E-state index is 9.30. The van der Waals surface area contributed by atoms with Gasteiger partial charge < -0.3 is 21.3 Å². The Balaban J connectivity index is 2.05. The molecule has 0 saturated carbocycles. The van der Waals surface area contributed by atoms with Crippen LogP contribution in [0.3, 0.4) is 0 Å². The number of phenols is 2. The molecular weight excluding hydrogens is 216 g/mol. The number of aromatic hydroxyl groups is 2. The monoisotopic (exact) mass is 230 g/mol. The Morgan fingerprint density at radius 1 is 1.06 bits per heavy atom. The van der Waals surface area contributed by atoms with Crippen LogP contribution in [0, 0.1) is 0 Å². The number of hydrogen-bond donors (Lipinski definition) is 4. The van der Waals surface area contributed by atoms with Gasteiger partial charge in [0, 0.05) is 18.3 Å². The molecule has 0 saturated heterocycles. The molecule has 0 amide bonds. The number of hydrogen-bond acceptors (Lipinski definition) is 4. The summed E-state index contributed by atoms with van der Waals surface area (Å²) in [6.45, 7) is 0.577. The second-order valence-corrected chi connectivity index (χ2v) is 3.80. The lowest BCUT2D eigenvalue weighted by Gasteiger charge is -2.08. The lowest BCUT2D eigenvalue weighted by atomic mass is 10.2. The third kappa shape index (κ3) is 2.81. The Bertz CT molecular complexity index is 527. The van der Waals surface area contributed by atoms with Gasteiger partial charge in [-0.25, -0.2) is 0 Å². The van der Waals surface area contributed by atoms with Crippen LogP contribution in [0.15, 0.2) is 42.5 Å². The minimum Gasteiger partial charge on any atom is -0.508 e. The summed E-state index contributed by atoms with van der Waals surface area (Å²) in [5.41, 5.74) is 7.75. The maximum absolute atomic E-state index is 9.30. The predicted octanol–water partition coefficient (Wildman–Crippen LogP) is 2.29. The van der Waals surface area contributed by atoms with Crippen molar-refractivity contribution in [2.45, 2.75) is 6.54 Å². The minimum absolute atomic E-state index is 0.0890. The van der Waals surface area contributed by atoms with E-state index in [0.29, 0.717) is 12.2 Å². The summed E-state index contributed by atoms with van der Waals surface area (Å²) in [5.74, 6) is 0.311. The highest BCUT2D eigenvalue weighted by Crippen LogP contribution is 2.21. The van der Waals surface area contributed by atoms with Crippen molar-refractivity contribution >= 4 is 11.4 Å². The number of benzene rings is 2. The molecule has 4 nitrogen and oxygen atoms in total. The molecule has 2 aromatic rings. The molecule has 0 radical (unpaired) electrons. The Kier molecular flexibility index (Phi) is 3.05. The van der Waals surface area contributed by atoms with E-state index < -0.39 is 0 Å². The summed E-state index contributed by atoms with van der Waals surface area (Å²) in [4.78, 5) is 0. The van der Waals surface area contributed by atoms with Gasteiger partial charge in [0.05, 0.1) is 5.69 Å². The molecule has 0 bridgehead atoms. The molecule has 5 N–H and O–H groups in total. The summed E-state index contributed by atoms with van der Waals surface area (Å²) in [7, 11) is 0. The van der Waals surface area contributed by atoms with E-state index in [1.807, 2.05) is 6.07 Å². The zero-order valence-electron chi connectivity index (χ0n) is 9.22. The van der Waals surface area contributed by atoms with Gasteiger partial charge in [-0.3, -0.25) is 0 Å². The lowest BCUT2D eigenvalue weighted by Crippen LogP contribution is -1.99. The van der Waals surface area contributed by atoms with Gasteiger partial charge in [0.25, 0.3) is 0 Å². The quantitative estimate of drug-likeness (QED) is 0.482. The number of phenolic OH excluding ortho intramolecular Hbond substituents is 2. The van der Waals surface area contributed by atoms with E-state index in [9.17, 15) is 10.2 Å². The van der Waals surface area contributed by atoms with E-state index in [2.05, 4.69) is 5.32 Å². The molecule has 17 heavy (non-hydrogen) atoms. The Hall–Kier alpha value is -2.36. The van der Waals surface area contributed by atoms with Gasteiger partial charge in [-0.2, -0.15) is 0 Å². The van der Waals surface area contributed by atoms with Gasteiger partial charge in [0.2, 0.25) is 0 Å². The van der Waals surface area contributed by atoms with Crippen molar-refractivity contribution in [1.82, 2.24) is 0 Å². The topological polar surface area (TPSA) is 78.5 Å². The highest BCUT2D eigenvalue weighted by Gasteiger charge is 1.99. The van der Waals surface area contributed by atoms with Crippen molar-refractivity contribution in [2.24, 2.45) is 0 Å². The third-order valence-corrected chi connectivity index (χ3v) is 2.43. The number of rotatable bonds is 3. The van der Waals surface area contributed by atoms with Crippen LogP contribution in [0.2, 0.25) is 0 Å². The summed E-state index contributed by atoms with van der Waals surface area (Å²) in [5, 5.41) is 21.7. The maximum Gasteiger partial charge on any atom is 0.138 e. The van der Waals surface area contributed by atoms with E-state index in [0.717, 1.165) is 11.3 Å². The Labute approximate surface area is 99.3 Å². The molecule has 2 aromatic carbocycles. The van der Waals surface area contributed by atoms with Gasteiger partial charge >= 0.3 is 0 Å². The molecule has 0 aliphatic heterocycles. The molecule has 0 fully saturated rings. The fraction of sp³-hybridized carbons (Fsp3) is 0.0769. The second-order valence-electron chi connectivity index (χ2n) is 3.80. The van der Waals surface area contributed by atoms with Gasteiger partial charge in [-0.05, 0) is 29.8 Å². The number of nitrogen functional groups attached to an aromatic ring is 1. The second kappa shape index (κ2) is 4.65. The minimum atomic E-state index is 0.0890. The molecule has 0 aliphatic carbocycles. The molecule has 0 heterocycles. The van der Waals surface area contributed by atoms with E-state index in [1.165, 1.54) is 0 Å². The zero-order chi connectivity index (χ0) is 12.3. The van der Waals surface area contributed by atoms with Crippen molar-refractivity contribution in [3.63, 3.8) is 0 Å². The number of nitrogens with two attached hydrogens (primary N) is 1. The summed E-state index contributed by atoms with van der Waals surface area (Å²) in [6, 6.07) is 12.0. The molecule has 0 aromatic heterocycles. The van der Waals surface area contributed by atoms with Gasteiger partial charge in [0.15, 0.2) is 0 Å². The SMILES string of the molecule is Nc1cc(CNc2cccc(O)c2)ccc1O. The van der Waals surface area contributed by atoms with Crippen molar-refractivity contribution in [1.29, 1.82) is 0 Å². The van der Waals surface area contributed by atoms with Crippen LogP contribution < -0.4 is 11.1 Å². The molecule has 4 heteroatoms. The van der Waals surface area contributed by atoms with Crippen LogP contribution in [-0.2, 0) is 6.54 Å². The van der Waals surface area contributed by atoms with E-state index in [1.54, 1.807) is 36.4 Å². The largest absolute Gasteiger partial charge is 0.508 e. The average molecular weight is 230 g/mol. The van der Waals surface area contributed by atoms with Gasteiger partial charge in [-0.1, -0.05) is 12.1 Å². The normalized spacial score (nSPS) is 10.1. The zero-order valence-corrected chi connectivity index (χ0v) is 9.22. The van der Waals surface area contributed by atoms with Crippen LogP contribution in [0.4, 0.5) is 11.4 Å². The Morgan fingerprint density at radius 2 is 1.88 bits per heavy atom. The molecule has 0 atom stereocenters. The summed E-state index contributed by atoms with van der Waals surface area (Å²) < 4.78 is 0. The molecular formula is C13H14N2O2. The predicted molar refractivity (Wildman–Crippen MR) is 68.0 cm³/mol. The first kappa shape index (κ1) is 11.1. The molecule has 0 aliphatic rings. The smallest absolute Gasteiger partial charge is 0.138 e. The van der Waals surface area contributed by atoms with Crippen LogP contribution in [0.5, 0.6) is 11.5 Å². The van der Waals surface area contributed by atoms with Crippen molar-refractivity contribution in [2.75, 3.05) is 11.1 Å². The van der Waals surface area contributed by atoms with Crippen molar-refractivity contribution in [3.8, 4) is 11.5 Å². The van der Waals surface area contributed by atoms with Gasteiger partial charge in [-0.15, -0.1) is 0 Å². The molecule has 0 unspecified atom stereocenters. The van der Waals surface area contributed by atoms with Crippen LogP contribution in [0.25, 0.3) is 0 Å². The number of anilines is 2. The first-order valence-corrected chi connectivity index (χ1v) is 5.25. The Morgan fingerprint density at radius 3 is 2.59 bits per heavy atom. The third-order valence-electron chi connectivity index (χ3n) is 2.43. The fourth-order valence-electron chi connectivity index (χ4n) is 1.53. The van der Waals surface area contributed by atoms with Crippen LogP contribution >= 0.6 is 0 Å². The molecule has 2 rings (SSSR count). The standard InChI is InChI=1S/C13H14N2O2/c14-12-6-9(4-5-13(12)17)8-15-10-2-1-3-11(16)7-10/h1-7,15-17H,8,14H2. The van der Waals surface area contributed by atoms with E-state index in [-0.39, 0.29) is 11.5 Å². The average Bonchev–Trinajstić information content (AvgIpc) is 2.31. The highest BCUT2D eigenvalue weighted by molar-refractivity contribution is 5.54. The molecule has 0 spiro atoms. The number of nitrogens with one attached hydrogen (secondary N) is 1.